The Bertz CT molecular complexity index is 601. The van der Waals surface area contributed by atoms with Gasteiger partial charge in [-0.05, 0) is 47.2 Å². The Morgan fingerprint density at radius 3 is 2.62 bits per heavy atom. The van der Waals surface area contributed by atoms with E-state index in [1.54, 1.807) is 0 Å². The van der Waals surface area contributed by atoms with Crippen molar-refractivity contribution in [1.82, 2.24) is 0 Å². The van der Waals surface area contributed by atoms with Crippen LogP contribution in [0.2, 0.25) is 0 Å². The van der Waals surface area contributed by atoms with Crippen LogP contribution in [0.3, 0.4) is 0 Å². The van der Waals surface area contributed by atoms with Gasteiger partial charge in [0.25, 0.3) is 0 Å². The Morgan fingerprint density at radius 2 is 1.86 bits per heavy atom. The van der Waals surface area contributed by atoms with Gasteiger partial charge in [-0.1, -0.05) is 43.7 Å². The van der Waals surface area contributed by atoms with Crippen LogP contribution < -0.4 is 4.74 Å². The Kier molecular flexibility index (Phi) is 4.26. The Labute approximate surface area is 126 Å². The topological polar surface area (TPSA) is 29.5 Å². The normalized spacial score (nSPS) is 14.6. The standard InChI is InChI=1S/C19H22O2/c1-2-3-4-14-5-7-15(8-6-14)19(20)17-9-10-18-16(13-17)11-12-21-18/h5-10,13,19-20H,2-4,11-12H2,1H3. The van der Waals surface area contributed by atoms with E-state index >= 15 is 0 Å². The third-order valence-corrected chi connectivity index (χ3v) is 4.14. The van der Waals surface area contributed by atoms with Crippen molar-refractivity contribution in [3.63, 3.8) is 0 Å². The number of hydrogen-bond donors (Lipinski definition) is 1. The highest BCUT2D eigenvalue weighted by molar-refractivity contribution is 5.42. The van der Waals surface area contributed by atoms with E-state index in [4.69, 9.17) is 4.74 Å². The first-order valence-corrected chi connectivity index (χ1v) is 7.80. The minimum Gasteiger partial charge on any atom is -0.493 e. The second-order valence-electron chi connectivity index (χ2n) is 5.71. The van der Waals surface area contributed by atoms with E-state index in [0.717, 1.165) is 36.3 Å². The molecule has 0 spiro atoms. The van der Waals surface area contributed by atoms with Gasteiger partial charge in [-0.2, -0.15) is 0 Å². The Morgan fingerprint density at radius 1 is 1.10 bits per heavy atom. The monoisotopic (exact) mass is 282 g/mol. The van der Waals surface area contributed by atoms with Crippen molar-refractivity contribution in [3.8, 4) is 5.75 Å². The maximum Gasteiger partial charge on any atom is 0.122 e. The molecule has 0 bridgehead atoms. The number of benzene rings is 2. The molecule has 1 atom stereocenters. The fraction of sp³-hybridized carbons (Fsp3) is 0.368. The highest BCUT2D eigenvalue weighted by Crippen LogP contribution is 2.30. The summed E-state index contributed by atoms with van der Waals surface area (Å²) in [6.07, 6.45) is 3.92. The van der Waals surface area contributed by atoms with Crippen molar-refractivity contribution in [2.45, 2.75) is 38.7 Å². The van der Waals surface area contributed by atoms with Crippen molar-refractivity contribution in [2.24, 2.45) is 0 Å². The minimum atomic E-state index is -0.559. The van der Waals surface area contributed by atoms with Gasteiger partial charge in [-0.15, -0.1) is 0 Å². The zero-order valence-corrected chi connectivity index (χ0v) is 12.5. The van der Waals surface area contributed by atoms with Crippen molar-refractivity contribution in [1.29, 1.82) is 0 Å². The van der Waals surface area contributed by atoms with E-state index < -0.39 is 6.10 Å². The summed E-state index contributed by atoms with van der Waals surface area (Å²) in [6, 6.07) is 14.3. The molecule has 2 heteroatoms. The predicted molar refractivity (Wildman–Crippen MR) is 84.8 cm³/mol. The zero-order valence-electron chi connectivity index (χ0n) is 12.5. The number of hydrogen-bond acceptors (Lipinski definition) is 2. The molecule has 0 amide bonds. The number of aliphatic hydroxyl groups excluding tert-OH is 1. The van der Waals surface area contributed by atoms with Crippen molar-refractivity contribution in [2.75, 3.05) is 6.61 Å². The minimum absolute atomic E-state index is 0.559. The van der Waals surface area contributed by atoms with Gasteiger partial charge >= 0.3 is 0 Å². The summed E-state index contributed by atoms with van der Waals surface area (Å²) in [6.45, 7) is 2.96. The predicted octanol–water partition coefficient (Wildman–Crippen LogP) is 4.05. The van der Waals surface area contributed by atoms with Gasteiger partial charge in [0.1, 0.15) is 11.9 Å². The molecule has 21 heavy (non-hydrogen) atoms. The van der Waals surface area contributed by atoms with Crippen LogP contribution in [0.25, 0.3) is 0 Å². The van der Waals surface area contributed by atoms with Crippen molar-refractivity contribution < 1.29 is 9.84 Å². The number of rotatable bonds is 5. The molecule has 1 aliphatic rings. The molecule has 1 unspecified atom stereocenters. The lowest BCUT2D eigenvalue weighted by atomic mass is 9.97. The quantitative estimate of drug-likeness (QED) is 0.896. The van der Waals surface area contributed by atoms with Gasteiger partial charge in [0.05, 0.1) is 6.61 Å². The maximum absolute atomic E-state index is 10.5. The number of unbranched alkanes of at least 4 members (excludes halogenated alkanes) is 1. The number of fused-ring (bicyclic) bond motifs is 1. The largest absolute Gasteiger partial charge is 0.493 e. The van der Waals surface area contributed by atoms with E-state index in [2.05, 4.69) is 25.1 Å². The van der Waals surface area contributed by atoms with Gasteiger partial charge in [0.2, 0.25) is 0 Å². The SMILES string of the molecule is CCCCc1ccc(C(O)c2ccc3c(c2)CCO3)cc1. The lowest BCUT2D eigenvalue weighted by Gasteiger charge is -2.13. The summed E-state index contributed by atoms with van der Waals surface area (Å²) < 4.78 is 5.51. The molecule has 0 fully saturated rings. The first kappa shape index (κ1) is 14.2. The molecular weight excluding hydrogens is 260 g/mol. The molecule has 2 aromatic carbocycles. The van der Waals surface area contributed by atoms with Gasteiger partial charge in [-0.3, -0.25) is 0 Å². The third kappa shape index (κ3) is 3.11. The zero-order chi connectivity index (χ0) is 14.7. The number of aliphatic hydroxyl groups is 1. The van der Waals surface area contributed by atoms with Gasteiger partial charge in [0, 0.05) is 6.42 Å². The van der Waals surface area contributed by atoms with Crippen LogP contribution in [0.15, 0.2) is 42.5 Å². The lowest BCUT2D eigenvalue weighted by molar-refractivity contribution is 0.220. The summed E-state index contributed by atoms with van der Waals surface area (Å²) >= 11 is 0. The van der Waals surface area contributed by atoms with Crippen LogP contribution in [0.5, 0.6) is 5.75 Å². The van der Waals surface area contributed by atoms with Crippen LogP contribution in [0.1, 0.15) is 48.1 Å². The van der Waals surface area contributed by atoms with Crippen LogP contribution in [0.4, 0.5) is 0 Å². The molecule has 1 N–H and O–H groups in total. The van der Waals surface area contributed by atoms with Crippen LogP contribution >= 0.6 is 0 Å². The first-order chi connectivity index (χ1) is 10.3. The fourth-order valence-electron chi connectivity index (χ4n) is 2.82. The summed E-state index contributed by atoms with van der Waals surface area (Å²) in [7, 11) is 0. The summed E-state index contributed by atoms with van der Waals surface area (Å²) in [5, 5.41) is 10.5. The molecule has 1 heterocycles. The molecule has 1 aliphatic heterocycles. The molecule has 0 aliphatic carbocycles. The molecule has 3 rings (SSSR count). The summed E-state index contributed by atoms with van der Waals surface area (Å²) in [5.41, 5.74) is 4.44. The molecule has 0 saturated heterocycles. The average Bonchev–Trinajstić information content (AvgIpc) is 3.00. The van der Waals surface area contributed by atoms with Crippen LogP contribution in [-0.4, -0.2) is 11.7 Å². The molecule has 0 saturated carbocycles. The number of ether oxygens (including phenoxy) is 1. The second-order valence-corrected chi connectivity index (χ2v) is 5.71. The first-order valence-electron chi connectivity index (χ1n) is 7.80. The molecule has 110 valence electrons. The van der Waals surface area contributed by atoms with E-state index in [-0.39, 0.29) is 0 Å². The van der Waals surface area contributed by atoms with Gasteiger partial charge < -0.3 is 9.84 Å². The van der Waals surface area contributed by atoms with Crippen LogP contribution in [0, 0.1) is 0 Å². The molecule has 2 nitrogen and oxygen atoms in total. The van der Waals surface area contributed by atoms with E-state index in [0.29, 0.717) is 0 Å². The van der Waals surface area contributed by atoms with Crippen molar-refractivity contribution in [3.05, 3.63) is 64.7 Å². The molecular formula is C19H22O2. The third-order valence-electron chi connectivity index (χ3n) is 4.14. The van der Waals surface area contributed by atoms with E-state index in [1.165, 1.54) is 24.0 Å². The summed E-state index contributed by atoms with van der Waals surface area (Å²) in [4.78, 5) is 0. The van der Waals surface area contributed by atoms with Crippen molar-refractivity contribution >= 4 is 0 Å². The van der Waals surface area contributed by atoms with Gasteiger partial charge in [0.15, 0.2) is 0 Å². The highest BCUT2D eigenvalue weighted by atomic mass is 16.5. The average molecular weight is 282 g/mol. The fourth-order valence-corrected chi connectivity index (χ4v) is 2.82. The Hall–Kier alpha value is -1.80. The Balaban J connectivity index is 1.76. The molecule has 0 aromatic heterocycles. The summed E-state index contributed by atoms with van der Waals surface area (Å²) in [5.74, 6) is 0.959. The van der Waals surface area contributed by atoms with E-state index in [1.807, 2.05) is 24.3 Å². The highest BCUT2D eigenvalue weighted by Gasteiger charge is 2.16. The number of aryl methyl sites for hydroxylation is 1. The van der Waals surface area contributed by atoms with Crippen LogP contribution in [-0.2, 0) is 12.8 Å². The smallest absolute Gasteiger partial charge is 0.122 e. The lowest BCUT2D eigenvalue weighted by Crippen LogP contribution is -2.00. The van der Waals surface area contributed by atoms with E-state index in [9.17, 15) is 5.11 Å². The molecule has 0 radical (unpaired) electrons. The van der Waals surface area contributed by atoms with Gasteiger partial charge in [-0.25, -0.2) is 0 Å². The maximum atomic E-state index is 10.5. The second kappa shape index (κ2) is 6.31. The molecule has 2 aromatic rings.